The third-order valence-electron chi connectivity index (χ3n) is 4.16. The molecule has 0 aliphatic carbocycles. The molecule has 1 aromatic rings. The Kier molecular flexibility index (Phi) is 5.42. The van der Waals surface area contributed by atoms with Gasteiger partial charge in [0, 0.05) is 6.61 Å². The number of hydrogen-bond donors (Lipinski definition) is 1. The zero-order valence-corrected chi connectivity index (χ0v) is 15.7. The summed E-state index contributed by atoms with van der Waals surface area (Å²) < 4.78 is 29.4. The van der Waals surface area contributed by atoms with Crippen molar-refractivity contribution in [3.05, 3.63) is 29.3 Å². The van der Waals surface area contributed by atoms with Crippen LogP contribution in [0.1, 0.15) is 31.9 Å². The lowest BCUT2D eigenvalue weighted by Crippen LogP contribution is -2.41. The van der Waals surface area contributed by atoms with Crippen molar-refractivity contribution in [2.75, 3.05) is 6.61 Å². The zero-order chi connectivity index (χ0) is 16.5. The van der Waals surface area contributed by atoms with Crippen LogP contribution in [0.4, 0.5) is 0 Å². The maximum absolute atomic E-state index is 11.6. The van der Waals surface area contributed by atoms with Gasteiger partial charge < -0.3 is 4.43 Å². The van der Waals surface area contributed by atoms with Crippen LogP contribution in [0.3, 0.4) is 0 Å². The lowest BCUT2D eigenvalue weighted by atomic mass is 10.1. The summed E-state index contributed by atoms with van der Waals surface area (Å²) in [6, 6.07) is 5.21. The molecule has 0 aromatic heterocycles. The van der Waals surface area contributed by atoms with Crippen LogP contribution >= 0.6 is 0 Å². The molecule has 21 heavy (non-hydrogen) atoms. The predicted octanol–water partition coefficient (Wildman–Crippen LogP) is 3.21. The SMILES string of the molecule is Cc1ccc(S(N)(=O)=O)c(CCO[Si](C)(C)C(C)(C)C)c1. The van der Waals surface area contributed by atoms with E-state index in [0.29, 0.717) is 13.0 Å². The summed E-state index contributed by atoms with van der Waals surface area (Å²) in [6.07, 6.45) is 0.556. The minimum absolute atomic E-state index is 0.141. The summed E-state index contributed by atoms with van der Waals surface area (Å²) in [5.74, 6) is 0. The van der Waals surface area contributed by atoms with Crippen molar-refractivity contribution in [2.24, 2.45) is 5.14 Å². The van der Waals surface area contributed by atoms with E-state index in [-0.39, 0.29) is 9.93 Å². The highest BCUT2D eigenvalue weighted by Gasteiger charge is 2.36. The lowest BCUT2D eigenvalue weighted by molar-refractivity contribution is 0.291. The fourth-order valence-corrected chi connectivity index (χ4v) is 3.64. The number of hydrogen-bond acceptors (Lipinski definition) is 3. The molecule has 6 heteroatoms. The van der Waals surface area contributed by atoms with Crippen LogP contribution in [-0.4, -0.2) is 23.3 Å². The van der Waals surface area contributed by atoms with Crippen LogP contribution in [0.25, 0.3) is 0 Å². The van der Waals surface area contributed by atoms with E-state index >= 15 is 0 Å². The minimum Gasteiger partial charge on any atom is -0.416 e. The molecular formula is C15H27NO3SSi. The van der Waals surface area contributed by atoms with Crippen molar-refractivity contribution in [1.82, 2.24) is 0 Å². The topological polar surface area (TPSA) is 69.4 Å². The molecule has 0 bridgehead atoms. The third-order valence-corrected chi connectivity index (χ3v) is 9.71. The highest BCUT2D eigenvalue weighted by Crippen LogP contribution is 2.36. The van der Waals surface area contributed by atoms with Gasteiger partial charge in [0.1, 0.15) is 0 Å². The van der Waals surface area contributed by atoms with Gasteiger partial charge in [0.2, 0.25) is 10.0 Å². The Hall–Kier alpha value is -0.693. The van der Waals surface area contributed by atoms with Crippen molar-refractivity contribution in [3.8, 4) is 0 Å². The van der Waals surface area contributed by atoms with Crippen molar-refractivity contribution in [2.45, 2.75) is 57.1 Å². The van der Waals surface area contributed by atoms with E-state index in [2.05, 4.69) is 33.9 Å². The molecule has 4 nitrogen and oxygen atoms in total. The van der Waals surface area contributed by atoms with Gasteiger partial charge in [-0.15, -0.1) is 0 Å². The van der Waals surface area contributed by atoms with E-state index < -0.39 is 18.3 Å². The number of benzene rings is 1. The van der Waals surface area contributed by atoms with Crippen molar-refractivity contribution < 1.29 is 12.8 Å². The summed E-state index contributed by atoms with van der Waals surface area (Å²) >= 11 is 0. The Bertz CT molecular complexity index is 604. The van der Waals surface area contributed by atoms with Gasteiger partial charge in [-0.1, -0.05) is 38.5 Å². The molecule has 0 aliphatic rings. The molecule has 0 saturated heterocycles. The number of aryl methyl sites for hydroxylation is 1. The van der Waals surface area contributed by atoms with Crippen LogP contribution in [-0.2, 0) is 20.9 Å². The van der Waals surface area contributed by atoms with Crippen molar-refractivity contribution >= 4 is 18.3 Å². The van der Waals surface area contributed by atoms with E-state index in [1.807, 2.05) is 13.0 Å². The highest BCUT2D eigenvalue weighted by atomic mass is 32.2. The number of rotatable bonds is 5. The molecule has 120 valence electrons. The third kappa shape index (κ3) is 4.91. The molecule has 0 heterocycles. The fourth-order valence-electron chi connectivity index (χ4n) is 1.81. The van der Waals surface area contributed by atoms with Gasteiger partial charge >= 0.3 is 0 Å². The molecule has 2 N–H and O–H groups in total. The fraction of sp³-hybridized carbons (Fsp3) is 0.600. The molecular weight excluding hydrogens is 302 g/mol. The standard InChI is InChI=1S/C15H27NO3SSi/c1-12-7-8-14(20(16,17)18)13(11-12)9-10-19-21(5,6)15(2,3)4/h7-8,11H,9-10H2,1-6H3,(H2,16,17,18). The molecule has 0 amide bonds. The highest BCUT2D eigenvalue weighted by molar-refractivity contribution is 7.89. The molecule has 1 rings (SSSR count). The van der Waals surface area contributed by atoms with Crippen LogP contribution < -0.4 is 5.14 Å². The monoisotopic (exact) mass is 329 g/mol. The molecule has 0 unspecified atom stereocenters. The van der Waals surface area contributed by atoms with Gasteiger partial charge in [0.15, 0.2) is 8.32 Å². The second-order valence-electron chi connectivity index (χ2n) is 7.01. The van der Waals surface area contributed by atoms with Gasteiger partial charge in [-0.2, -0.15) is 0 Å². The van der Waals surface area contributed by atoms with Gasteiger partial charge in [0.05, 0.1) is 4.90 Å². The van der Waals surface area contributed by atoms with Gasteiger partial charge in [-0.05, 0) is 43.1 Å². The van der Waals surface area contributed by atoms with Gasteiger partial charge in [0.25, 0.3) is 0 Å². The quantitative estimate of drug-likeness (QED) is 0.843. The summed E-state index contributed by atoms with van der Waals surface area (Å²) in [5.41, 5.74) is 1.75. The number of primary sulfonamides is 1. The van der Waals surface area contributed by atoms with E-state index in [9.17, 15) is 8.42 Å². The Morgan fingerprint density at radius 2 is 1.81 bits per heavy atom. The average Bonchev–Trinajstić information content (AvgIpc) is 2.25. The first kappa shape index (κ1) is 18.4. The summed E-state index contributed by atoms with van der Waals surface area (Å²) in [6.45, 7) is 13.4. The Morgan fingerprint density at radius 1 is 1.24 bits per heavy atom. The molecule has 0 aliphatic heterocycles. The van der Waals surface area contributed by atoms with Crippen LogP contribution in [0.2, 0.25) is 18.1 Å². The van der Waals surface area contributed by atoms with E-state index in [4.69, 9.17) is 9.56 Å². The van der Waals surface area contributed by atoms with Crippen molar-refractivity contribution in [1.29, 1.82) is 0 Å². The minimum atomic E-state index is -3.69. The van der Waals surface area contributed by atoms with E-state index in [1.54, 1.807) is 12.1 Å². The molecule has 0 fully saturated rings. The number of nitrogens with two attached hydrogens (primary N) is 1. The maximum Gasteiger partial charge on any atom is 0.238 e. The Morgan fingerprint density at radius 3 is 2.29 bits per heavy atom. The first-order valence-corrected chi connectivity index (χ1v) is 11.6. The maximum atomic E-state index is 11.6. The zero-order valence-electron chi connectivity index (χ0n) is 13.9. The van der Waals surface area contributed by atoms with E-state index in [1.165, 1.54) is 0 Å². The Balaban J connectivity index is 2.88. The van der Waals surface area contributed by atoms with Crippen LogP contribution in [0, 0.1) is 6.92 Å². The first-order chi connectivity index (χ1) is 9.34. The van der Waals surface area contributed by atoms with Crippen molar-refractivity contribution in [3.63, 3.8) is 0 Å². The van der Waals surface area contributed by atoms with Gasteiger partial charge in [-0.25, -0.2) is 13.6 Å². The molecule has 0 atom stereocenters. The summed E-state index contributed by atoms with van der Waals surface area (Å²) in [5, 5.41) is 5.42. The Labute approximate surface area is 129 Å². The number of sulfonamides is 1. The smallest absolute Gasteiger partial charge is 0.238 e. The molecule has 0 radical (unpaired) electrons. The second-order valence-corrected chi connectivity index (χ2v) is 13.4. The summed E-state index contributed by atoms with van der Waals surface area (Å²) in [7, 11) is -5.51. The molecule has 1 aromatic carbocycles. The predicted molar refractivity (Wildman–Crippen MR) is 89.4 cm³/mol. The molecule has 0 saturated carbocycles. The van der Waals surface area contributed by atoms with Crippen LogP contribution in [0.5, 0.6) is 0 Å². The first-order valence-electron chi connectivity index (χ1n) is 7.11. The normalized spacial score (nSPS) is 13.5. The average molecular weight is 330 g/mol. The second kappa shape index (κ2) is 6.20. The van der Waals surface area contributed by atoms with Gasteiger partial charge in [-0.3, -0.25) is 0 Å². The summed E-state index contributed by atoms with van der Waals surface area (Å²) in [4.78, 5) is 0.201. The van der Waals surface area contributed by atoms with E-state index in [0.717, 1.165) is 11.1 Å². The largest absolute Gasteiger partial charge is 0.416 e. The lowest BCUT2D eigenvalue weighted by Gasteiger charge is -2.36. The van der Waals surface area contributed by atoms with Crippen LogP contribution in [0.15, 0.2) is 23.1 Å². The molecule has 0 spiro atoms.